The monoisotopic (exact) mass is 512 g/mol. The Balaban J connectivity index is 0.00000392. The molecule has 1 aromatic carbocycles. The Morgan fingerprint density at radius 2 is 2.04 bits per heavy atom. The molecule has 1 aromatic rings. The van der Waals surface area contributed by atoms with Crippen LogP contribution in [0.1, 0.15) is 32.3 Å². The zero-order chi connectivity index (χ0) is 19.6. The lowest BCUT2D eigenvalue weighted by Crippen LogP contribution is -2.42. The average molecular weight is 512 g/mol. The van der Waals surface area contributed by atoms with Gasteiger partial charge in [0.15, 0.2) is 5.96 Å². The van der Waals surface area contributed by atoms with Gasteiger partial charge in [0, 0.05) is 31.2 Å². The predicted molar refractivity (Wildman–Crippen MR) is 118 cm³/mol. The topological polar surface area (TPSA) is 58.1 Å². The molecule has 28 heavy (non-hydrogen) atoms. The molecule has 0 unspecified atom stereocenters. The molecule has 0 aromatic heterocycles. The van der Waals surface area contributed by atoms with Crippen molar-refractivity contribution in [1.29, 1.82) is 0 Å². The SMILES string of the molecule is CCNC(=NCc1cc(OC)ccc1OC(F)F)NCCN(CC)C1CC1.I. The number of likely N-dealkylation sites (N-methyl/N-ethyl adjacent to an activating group) is 1. The predicted octanol–water partition coefficient (Wildman–Crippen LogP) is 3.45. The molecule has 0 heterocycles. The number of hydrogen-bond acceptors (Lipinski definition) is 4. The molecule has 0 bridgehead atoms. The van der Waals surface area contributed by atoms with E-state index in [1.54, 1.807) is 12.1 Å². The van der Waals surface area contributed by atoms with Crippen molar-refractivity contribution in [3.63, 3.8) is 0 Å². The number of methoxy groups -OCH3 is 1. The lowest BCUT2D eigenvalue weighted by atomic mass is 10.2. The van der Waals surface area contributed by atoms with Gasteiger partial charge in [-0.15, -0.1) is 24.0 Å². The van der Waals surface area contributed by atoms with Crippen molar-refractivity contribution in [2.75, 3.05) is 33.3 Å². The number of guanidine groups is 1. The van der Waals surface area contributed by atoms with Crippen LogP contribution in [0.3, 0.4) is 0 Å². The summed E-state index contributed by atoms with van der Waals surface area (Å²) >= 11 is 0. The lowest BCUT2D eigenvalue weighted by molar-refractivity contribution is -0.0504. The summed E-state index contributed by atoms with van der Waals surface area (Å²) < 4.78 is 35.0. The van der Waals surface area contributed by atoms with Crippen molar-refractivity contribution in [2.24, 2.45) is 4.99 Å². The van der Waals surface area contributed by atoms with E-state index < -0.39 is 6.61 Å². The van der Waals surface area contributed by atoms with E-state index in [0.717, 1.165) is 25.7 Å². The third kappa shape index (κ3) is 8.34. The number of nitrogens with zero attached hydrogens (tertiary/aromatic N) is 2. The normalized spacial score (nSPS) is 14.0. The number of alkyl halides is 2. The molecule has 2 rings (SSSR count). The first-order chi connectivity index (χ1) is 13.1. The Hall–Kier alpha value is -1.36. The number of benzene rings is 1. The maximum absolute atomic E-state index is 12.6. The summed E-state index contributed by atoms with van der Waals surface area (Å²) in [7, 11) is 1.53. The molecule has 160 valence electrons. The van der Waals surface area contributed by atoms with Crippen LogP contribution >= 0.6 is 24.0 Å². The fourth-order valence-electron chi connectivity index (χ4n) is 2.88. The average Bonchev–Trinajstić information content (AvgIpc) is 3.48. The smallest absolute Gasteiger partial charge is 0.387 e. The van der Waals surface area contributed by atoms with Crippen molar-refractivity contribution < 1.29 is 18.3 Å². The second-order valence-electron chi connectivity index (χ2n) is 6.33. The van der Waals surface area contributed by atoms with Crippen molar-refractivity contribution in [3.8, 4) is 11.5 Å². The molecule has 1 saturated carbocycles. The Kier molecular flexibility index (Phi) is 11.4. The third-order valence-corrected chi connectivity index (χ3v) is 4.40. The van der Waals surface area contributed by atoms with E-state index in [1.165, 1.54) is 26.0 Å². The number of ether oxygens (including phenoxy) is 2. The number of aliphatic imine (C=N–C) groups is 1. The van der Waals surface area contributed by atoms with Gasteiger partial charge in [0.25, 0.3) is 0 Å². The van der Waals surface area contributed by atoms with Gasteiger partial charge in [-0.05, 0) is 44.5 Å². The summed E-state index contributed by atoms with van der Waals surface area (Å²) in [5.41, 5.74) is 0.542. The maximum Gasteiger partial charge on any atom is 0.387 e. The van der Waals surface area contributed by atoms with Crippen LogP contribution in [0.2, 0.25) is 0 Å². The molecule has 0 amide bonds. The zero-order valence-electron chi connectivity index (χ0n) is 16.7. The summed E-state index contributed by atoms with van der Waals surface area (Å²) in [5.74, 6) is 1.33. The van der Waals surface area contributed by atoms with Gasteiger partial charge >= 0.3 is 6.61 Å². The quantitative estimate of drug-likeness (QED) is 0.270. The van der Waals surface area contributed by atoms with Gasteiger partial charge in [-0.25, -0.2) is 4.99 Å². The Bertz CT molecular complexity index is 616. The molecular weight excluding hydrogens is 481 g/mol. The third-order valence-electron chi connectivity index (χ3n) is 4.40. The van der Waals surface area contributed by atoms with E-state index in [2.05, 4.69) is 32.2 Å². The van der Waals surface area contributed by atoms with Crippen LogP contribution in [0.15, 0.2) is 23.2 Å². The first-order valence-electron chi connectivity index (χ1n) is 9.45. The van der Waals surface area contributed by atoms with Gasteiger partial charge in [-0.3, -0.25) is 4.90 Å². The van der Waals surface area contributed by atoms with Crippen molar-refractivity contribution >= 4 is 29.9 Å². The first-order valence-corrected chi connectivity index (χ1v) is 9.45. The summed E-state index contributed by atoms with van der Waals surface area (Å²) in [4.78, 5) is 6.96. The minimum atomic E-state index is -2.88. The number of hydrogen-bond donors (Lipinski definition) is 2. The largest absolute Gasteiger partial charge is 0.497 e. The van der Waals surface area contributed by atoms with Crippen LogP contribution in [0, 0.1) is 0 Å². The van der Waals surface area contributed by atoms with Gasteiger partial charge in [0.05, 0.1) is 13.7 Å². The Labute approximate surface area is 183 Å². The molecule has 2 N–H and O–H groups in total. The molecule has 0 atom stereocenters. The van der Waals surface area contributed by atoms with Gasteiger partial charge in [-0.2, -0.15) is 8.78 Å². The summed E-state index contributed by atoms with van der Waals surface area (Å²) in [5, 5.41) is 6.48. The highest BCUT2D eigenvalue weighted by Crippen LogP contribution is 2.27. The number of halogens is 3. The van der Waals surface area contributed by atoms with E-state index in [-0.39, 0.29) is 36.3 Å². The van der Waals surface area contributed by atoms with Gasteiger partial charge in [-0.1, -0.05) is 6.92 Å². The van der Waals surface area contributed by atoms with E-state index in [1.807, 2.05) is 6.92 Å². The van der Waals surface area contributed by atoms with E-state index in [0.29, 0.717) is 23.8 Å². The fraction of sp³-hybridized carbons (Fsp3) is 0.632. The van der Waals surface area contributed by atoms with Gasteiger partial charge < -0.3 is 20.1 Å². The van der Waals surface area contributed by atoms with Gasteiger partial charge in [0.1, 0.15) is 11.5 Å². The summed E-state index contributed by atoms with van der Waals surface area (Å²) in [6.45, 7) is 4.95. The molecule has 0 aliphatic heterocycles. The van der Waals surface area contributed by atoms with E-state index >= 15 is 0 Å². The van der Waals surface area contributed by atoms with E-state index in [4.69, 9.17) is 4.74 Å². The molecule has 1 aliphatic carbocycles. The van der Waals surface area contributed by atoms with Crippen LogP contribution < -0.4 is 20.1 Å². The fourth-order valence-corrected chi connectivity index (χ4v) is 2.88. The Morgan fingerprint density at radius 1 is 1.29 bits per heavy atom. The molecule has 9 heteroatoms. The molecule has 0 radical (unpaired) electrons. The molecule has 1 fully saturated rings. The first kappa shape index (κ1) is 24.7. The molecule has 1 aliphatic rings. The van der Waals surface area contributed by atoms with Crippen LogP contribution in [-0.2, 0) is 6.54 Å². The minimum Gasteiger partial charge on any atom is -0.497 e. The molecular formula is C19H31F2IN4O2. The summed E-state index contributed by atoms with van der Waals surface area (Å²) in [6, 6.07) is 5.45. The minimum absolute atomic E-state index is 0. The van der Waals surface area contributed by atoms with Crippen LogP contribution in [0.4, 0.5) is 8.78 Å². The molecule has 0 spiro atoms. The highest BCUT2D eigenvalue weighted by Gasteiger charge is 2.27. The summed E-state index contributed by atoms with van der Waals surface area (Å²) in [6.07, 6.45) is 2.56. The van der Waals surface area contributed by atoms with Crippen LogP contribution in [0.25, 0.3) is 0 Å². The zero-order valence-corrected chi connectivity index (χ0v) is 19.0. The van der Waals surface area contributed by atoms with Crippen LogP contribution in [-0.4, -0.2) is 56.8 Å². The highest BCUT2D eigenvalue weighted by atomic mass is 127. The second kappa shape index (κ2) is 13.0. The van der Waals surface area contributed by atoms with Crippen LogP contribution in [0.5, 0.6) is 11.5 Å². The molecule has 0 saturated heterocycles. The lowest BCUT2D eigenvalue weighted by Gasteiger charge is -2.20. The molecule has 6 nitrogen and oxygen atoms in total. The standard InChI is InChI=1S/C19H30F2N4O2.HI/c1-4-22-19(23-10-11-25(5-2)15-6-7-15)24-13-14-12-16(26-3)8-9-17(14)27-18(20)21;/h8-9,12,15,18H,4-7,10-11,13H2,1-3H3,(H2,22,23,24);1H. The van der Waals surface area contributed by atoms with Crippen molar-refractivity contribution in [3.05, 3.63) is 23.8 Å². The van der Waals surface area contributed by atoms with Crippen molar-refractivity contribution in [1.82, 2.24) is 15.5 Å². The number of rotatable bonds is 11. The van der Waals surface area contributed by atoms with E-state index in [9.17, 15) is 8.78 Å². The number of nitrogens with one attached hydrogen (secondary N) is 2. The maximum atomic E-state index is 12.6. The van der Waals surface area contributed by atoms with Crippen molar-refractivity contribution in [2.45, 2.75) is 45.9 Å². The van der Waals surface area contributed by atoms with Gasteiger partial charge in [0.2, 0.25) is 0 Å². The highest BCUT2D eigenvalue weighted by molar-refractivity contribution is 14.0. The Morgan fingerprint density at radius 3 is 2.61 bits per heavy atom. The second-order valence-corrected chi connectivity index (χ2v) is 6.33.